The molecule has 0 atom stereocenters. The number of halogens is 1. The SMILES string of the molecule is CCOc1ccc(C=C2CCn3c2nc2ccc(Cl)cc2c3=O)cc1. The maximum atomic E-state index is 12.7. The average molecular weight is 353 g/mol. The summed E-state index contributed by atoms with van der Waals surface area (Å²) in [6.07, 6.45) is 2.88. The lowest BCUT2D eigenvalue weighted by Gasteiger charge is -2.06. The van der Waals surface area contributed by atoms with Gasteiger partial charge in [0.1, 0.15) is 11.6 Å². The Balaban J connectivity index is 1.77. The summed E-state index contributed by atoms with van der Waals surface area (Å²) < 4.78 is 7.21. The second kappa shape index (κ2) is 6.37. The fourth-order valence-corrected chi connectivity index (χ4v) is 3.33. The quantitative estimate of drug-likeness (QED) is 0.702. The number of aromatic nitrogens is 2. The lowest BCUT2D eigenvalue weighted by Crippen LogP contribution is -2.20. The minimum Gasteiger partial charge on any atom is -0.494 e. The van der Waals surface area contributed by atoms with Crippen molar-refractivity contribution in [2.24, 2.45) is 0 Å². The van der Waals surface area contributed by atoms with Crippen molar-refractivity contribution in [3.8, 4) is 5.75 Å². The van der Waals surface area contributed by atoms with Crippen LogP contribution in [0.2, 0.25) is 5.02 Å². The van der Waals surface area contributed by atoms with E-state index in [0.717, 1.165) is 29.1 Å². The molecule has 126 valence electrons. The van der Waals surface area contributed by atoms with Crippen molar-refractivity contribution in [2.75, 3.05) is 6.61 Å². The molecule has 2 aromatic carbocycles. The Bertz CT molecular complexity index is 1040. The van der Waals surface area contributed by atoms with Crippen LogP contribution in [-0.4, -0.2) is 16.2 Å². The van der Waals surface area contributed by atoms with Crippen LogP contribution in [0.25, 0.3) is 22.6 Å². The van der Waals surface area contributed by atoms with Crippen LogP contribution in [0.15, 0.2) is 47.3 Å². The standard InChI is InChI=1S/C20H17ClN2O2/c1-2-25-16-6-3-13(4-7-16)11-14-9-10-23-19(14)22-18-8-5-15(21)12-17(18)20(23)24/h3-8,11-12H,2,9-10H2,1H3. The minimum absolute atomic E-state index is 0.0300. The maximum absolute atomic E-state index is 12.7. The van der Waals surface area contributed by atoms with Gasteiger partial charge in [0, 0.05) is 11.6 Å². The van der Waals surface area contributed by atoms with Crippen LogP contribution in [-0.2, 0) is 6.54 Å². The summed E-state index contributed by atoms with van der Waals surface area (Å²) in [6.45, 7) is 3.26. The Morgan fingerprint density at radius 1 is 1.24 bits per heavy atom. The van der Waals surface area contributed by atoms with Crippen molar-refractivity contribution in [1.82, 2.24) is 9.55 Å². The highest BCUT2D eigenvalue weighted by Crippen LogP contribution is 2.28. The molecule has 25 heavy (non-hydrogen) atoms. The third-order valence-electron chi connectivity index (χ3n) is 4.34. The molecule has 1 aromatic heterocycles. The first-order valence-corrected chi connectivity index (χ1v) is 8.67. The highest BCUT2D eigenvalue weighted by molar-refractivity contribution is 6.31. The number of hydrogen-bond donors (Lipinski definition) is 0. The van der Waals surface area contributed by atoms with Gasteiger partial charge in [-0.25, -0.2) is 4.98 Å². The largest absolute Gasteiger partial charge is 0.494 e. The summed E-state index contributed by atoms with van der Waals surface area (Å²) >= 11 is 6.02. The molecule has 4 rings (SSSR count). The lowest BCUT2D eigenvalue weighted by atomic mass is 10.1. The van der Waals surface area contributed by atoms with Crippen LogP contribution >= 0.6 is 11.6 Å². The van der Waals surface area contributed by atoms with Gasteiger partial charge in [0.25, 0.3) is 5.56 Å². The normalized spacial score (nSPS) is 14.9. The first-order chi connectivity index (χ1) is 12.2. The molecule has 0 amide bonds. The van der Waals surface area contributed by atoms with E-state index in [9.17, 15) is 4.79 Å². The highest BCUT2D eigenvalue weighted by Gasteiger charge is 2.20. The molecule has 1 aliphatic heterocycles. The predicted molar refractivity (Wildman–Crippen MR) is 101 cm³/mol. The number of allylic oxidation sites excluding steroid dienone is 1. The molecule has 3 aromatic rings. The molecule has 0 N–H and O–H groups in total. The number of rotatable bonds is 3. The molecule has 0 aliphatic carbocycles. The van der Waals surface area contributed by atoms with E-state index >= 15 is 0 Å². The molecule has 5 heteroatoms. The number of benzene rings is 2. The molecule has 0 spiro atoms. The average Bonchev–Trinajstić information content (AvgIpc) is 3.01. The molecule has 0 radical (unpaired) electrons. The fraction of sp³-hybridized carbons (Fsp3) is 0.200. The van der Waals surface area contributed by atoms with Crippen LogP contribution in [0.3, 0.4) is 0 Å². The molecule has 0 unspecified atom stereocenters. The summed E-state index contributed by atoms with van der Waals surface area (Å²) in [7, 11) is 0. The van der Waals surface area contributed by atoms with Crippen LogP contribution in [0, 0.1) is 0 Å². The Kier molecular flexibility index (Phi) is 4.06. The van der Waals surface area contributed by atoms with Crippen molar-refractivity contribution in [2.45, 2.75) is 19.9 Å². The molecule has 2 heterocycles. The molecule has 4 nitrogen and oxygen atoms in total. The van der Waals surface area contributed by atoms with E-state index < -0.39 is 0 Å². The second-order valence-electron chi connectivity index (χ2n) is 5.98. The van der Waals surface area contributed by atoms with Crippen LogP contribution in [0.4, 0.5) is 0 Å². The molecular formula is C20H17ClN2O2. The third-order valence-corrected chi connectivity index (χ3v) is 4.58. The van der Waals surface area contributed by atoms with Crippen molar-refractivity contribution in [3.63, 3.8) is 0 Å². The van der Waals surface area contributed by atoms with Gasteiger partial charge in [-0.3, -0.25) is 9.36 Å². The zero-order valence-electron chi connectivity index (χ0n) is 13.8. The third kappa shape index (κ3) is 2.94. The molecule has 1 aliphatic rings. The first-order valence-electron chi connectivity index (χ1n) is 8.29. The first kappa shape index (κ1) is 15.9. The Hall–Kier alpha value is -2.59. The van der Waals surface area contributed by atoms with Gasteiger partial charge in [-0.1, -0.05) is 23.7 Å². The number of nitrogens with zero attached hydrogens (tertiary/aromatic N) is 2. The van der Waals surface area contributed by atoms with Crippen molar-refractivity contribution in [1.29, 1.82) is 0 Å². The number of hydrogen-bond acceptors (Lipinski definition) is 3. The molecule has 0 fully saturated rings. The van der Waals surface area contributed by atoms with E-state index in [2.05, 4.69) is 6.08 Å². The number of fused-ring (bicyclic) bond motifs is 2. The summed E-state index contributed by atoms with van der Waals surface area (Å²) in [5.41, 5.74) is 2.79. The second-order valence-corrected chi connectivity index (χ2v) is 6.41. The van der Waals surface area contributed by atoms with E-state index in [0.29, 0.717) is 29.1 Å². The topological polar surface area (TPSA) is 44.1 Å². The van der Waals surface area contributed by atoms with E-state index in [1.807, 2.05) is 31.2 Å². The van der Waals surface area contributed by atoms with Gasteiger partial charge in [0.05, 0.1) is 17.5 Å². The monoisotopic (exact) mass is 352 g/mol. The highest BCUT2D eigenvalue weighted by atomic mass is 35.5. The van der Waals surface area contributed by atoms with Gasteiger partial charge in [0.2, 0.25) is 0 Å². The zero-order valence-corrected chi connectivity index (χ0v) is 14.6. The van der Waals surface area contributed by atoms with Gasteiger partial charge in [-0.15, -0.1) is 0 Å². The van der Waals surface area contributed by atoms with E-state index in [1.54, 1.807) is 22.8 Å². The zero-order chi connectivity index (χ0) is 17.4. The van der Waals surface area contributed by atoms with Gasteiger partial charge >= 0.3 is 0 Å². The molecule has 0 bridgehead atoms. The minimum atomic E-state index is -0.0300. The Morgan fingerprint density at radius 2 is 2.04 bits per heavy atom. The van der Waals surface area contributed by atoms with Crippen LogP contribution in [0.5, 0.6) is 5.75 Å². The van der Waals surface area contributed by atoms with Crippen molar-refractivity contribution in [3.05, 3.63) is 69.2 Å². The summed E-state index contributed by atoms with van der Waals surface area (Å²) in [6, 6.07) is 13.2. The van der Waals surface area contributed by atoms with Gasteiger partial charge in [-0.2, -0.15) is 0 Å². The summed E-state index contributed by atoms with van der Waals surface area (Å²) in [5, 5.41) is 1.12. The summed E-state index contributed by atoms with van der Waals surface area (Å²) in [5.74, 6) is 1.60. The summed E-state index contributed by atoms with van der Waals surface area (Å²) in [4.78, 5) is 17.4. The molecule has 0 saturated carbocycles. The van der Waals surface area contributed by atoms with E-state index in [-0.39, 0.29) is 5.56 Å². The molecular weight excluding hydrogens is 336 g/mol. The van der Waals surface area contributed by atoms with E-state index in [4.69, 9.17) is 21.3 Å². The Morgan fingerprint density at radius 3 is 2.80 bits per heavy atom. The van der Waals surface area contributed by atoms with Crippen LogP contribution in [0.1, 0.15) is 24.7 Å². The smallest absolute Gasteiger partial charge is 0.261 e. The maximum Gasteiger partial charge on any atom is 0.261 e. The molecule has 0 saturated heterocycles. The predicted octanol–water partition coefficient (Wildman–Crippen LogP) is 4.39. The van der Waals surface area contributed by atoms with Crippen LogP contribution < -0.4 is 10.3 Å². The van der Waals surface area contributed by atoms with E-state index in [1.165, 1.54) is 0 Å². The van der Waals surface area contributed by atoms with Gasteiger partial charge in [0.15, 0.2) is 0 Å². The van der Waals surface area contributed by atoms with Gasteiger partial charge < -0.3 is 4.74 Å². The Labute approximate surface area is 150 Å². The fourth-order valence-electron chi connectivity index (χ4n) is 3.15. The van der Waals surface area contributed by atoms with Crippen molar-refractivity contribution >= 4 is 34.2 Å². The number of ether oxygens (including phenoxy) is 1. The van der Waals surface area contributed by atoms with Gasteiger partial charge in [-0.05, 0) is 60.9 Å². The lowest BCUT2D eigenvalue weighted by molar-refractivity contribution is 0.340. The van der Waals surface area contributed by atoms with Crippen molar-refractivity contribution < 1.29 is 4.74 Å².